The topological polar surface area (TPSA) is 97.3 Å². The summed E-state index contributed by atoms with van der Waals surface area (Å²) in [5.74, 6) is 0.172. The lowest BCUT2D eigenvalue weighted by Gasteiger charge is -2.07. The SMILES string of the molecule is O=C(COc1ccc([N+](=O)[O-])cc1)NCCc1cc2ccccc2[nH]1. The van der Waals surface area contributed by atoms with Gasteiger partial charge in [-0.2, -0.15) is 0 Å². The normalized spacial score (nSPS) is 10.6. The number of amides is 1. The number of ether oxygens (including phenoxy) is 1. The maximum absolute atomic E-state index is 11.8. The number of carbonyl (C=O) groups excluding carboxylic acids is 1. The second kappa shape index (κ2) is 7.48. The molecule has 0 atom stereocenters. The molecule has 3 rings (SSSR count). The molecule has 3 aromatic rings. The highest BCUT2D eigenvalue weighted by molar-refractivity contribution is 5.80. The predicted octanol–water partition coefficient (Wildman–Crippen LogP) is 2.81. The molecule has 0 radical (unpaired) electrons. The number of nitro groups is 1. The number of H-pyrrole nitrogens is 1. The number of nitro benzene ring substituents is 1. The lowest BCUT2D eigenvalue weighted by molar-refractivity contribution is -0.384. The molecule has 0 fully saturated rings. The summed E-state index contributed by atoms with van der Waals surface area (Å²) in [7, 11) is 0. The Balaban J connectivity index is 1.42. The van der Waals surface area contributed by atoms with Crippen LogP contribution in [0.2, 0.25) is 0 Å². The lowest BCUT2D eigenvalue weighted by atomic mass is 10.2. The standard InChI is InChI=1S/C18H17N3O4/c22-18(12-25-16-7-5-15(6-8-16)21(23)24)19-10-9-14-11-13-3-1-2-4-17(13)20-14/h1-8,11,20H,9-10,12H2,(H,19,22). The number of rotatable bonds is 7. The number of benzene rings is 2. The van der Waals surface area contributed by atoms with Gasteiger partial charge in [-0.25, -0.2) is 0 Å². The smallest absolute Gasteiger partial charge is 0.269 e. The first kappa shape index (κ1) is 16.5. The van der Waals surface area contributed by atoms with Gasteiger partial charge >= 0.3 is 0 Å². The van der Waals surface area contributed by atoms with Gasteiger partial charge in [0.25, 0.3) is 11.6 Å². The zero-order chi connectivity index (χ0) is 17.6. The van der Waals surface area contributed by atoms with Crippen LogP contribution >= 0.6 is 0 Å². The van der Waals surface area contributed by atoms with Gasteiger partial charge in [0.2, 0.25) is 0 Å². The van der Waals surface area contributed by atoms with Crippen LogP contribution in [0, 0.1) is 10.1 Å². The molecule has 0 aliphatic heterocycles. The van der Waals surface area contributed by atoms with Crippen LogP contribution in [-0.2, 0) is 11.2 Å². The van der Waals surface area contributed by atoms with E-state index in [2.05, 4.69) is 16.4 Å². The molecule has 128 valence electrons. The molecular formula is C18H17N3O4. The van der Waals surface area contributed by atoms with Crippen molar-refractivity contribution in [2.75, 3.05) is 13.2 Å². The maximum atomic E-state index is 11.8. The van der Waals surface area contributed by atoms with Gasteiger partial charge in [0.15, 0.2) is 6.61 Å². The first-order chi connectivity index (χ1) is 12.1. The van der Waals surface area contributed by atoms with Crippen molar-refractivity contribution in [1.29, 1.82) is 0 Å². The Morgan fingerprint density at radius 2 is 1.92 bits per heavy atom. The Hall–Kier alpha value is -3.35. The van der Waals surface area contributed by atoms with Gasteiger partial charge in [0.05, 0.1) is 4.92 Å². The predicted molar refractivity (Wildman–Crippen MR) is 93.6 cm³/mol. The van der Waals surface area contributed by atoms with Crippen LogP contribution in [0.25, 0.3) is 10.9 Å². The van der Waals surface area contributed by atoms with Gasteiger partial charge in [-0.05, 0) is 29.7 Å². The van der Waals surface area contributed by atoms with E-state index < -0.39 is 4.92 Å². The largest absolute Gasteiger partial charge is 0.484 e. The summed E-state index contributed by atoms with van der Waals surface area (Å²) in [5, 5.41) is 14.5. The number of non-ortho nitro benzene ring substituents is 1. The van der Waals surface area contributed by atoms with Gasteiger partial charge in [-0.15, -0.1) is 0 Å². The van der Waals surface area contributed by atoms with Crippen LogP contribution in [0.5, 0.6) is 5.75 Å². The van der Waals surface area contributed by atoms with Crippen molar-refractivity contribution in [2.24, 2.45) is 0 Å². The van der Waals surface area contributed by atoms with E-state index in [1.54, 1.807) is 0 Å². The Morgan fingerprint density at radius 3 is 2.64 bits per heavy atom. The van der Waals surface area contributed by atoms with Crippen LogP contribution in [-0.4, -0.2) is 29.0 Å². The Bertz CT molecular complexity index is 854. The quantitative estimate of drug-likeness (QED) is 0.511. The molecule has 1 aromatic heterocycles. The maximum Gasteiger partial charge on any atom is 0.269 e. The first-order valence-corrected chi connectivity index (χ1v) is 7.82. The monoisotopic (exact) mass is 339 g/mol. The summed E-state index contributed by atoms with van der Waals surface area (Å²) in [4.78, 5) is 25.2. The number of nitrogens with zero attached hydrogens (tertiary/aromatic N) is 1. The molecular weight excluding hydrogens is 322 g/mol. The molecule has 2 aromatic carbocycles. The Labute approximate surface area is 143 Å². The third-order valence-electron chi connectivity index (χ3n) is 3.72. The van der Waals surface area contributed by atoms with Crippen molar-refractivity contribution in [3.63, 3.8) is 0 Å². The summed E-state index contributed by atoms with van der Waals surface area (Å²) >= 11 is 0. The fourth-order valence-electron chi connectivity index (χ4n) is 2.47. The van der Waals surface area contributed by atoms with Gasteiger partial charge in [-0.3, -0.25) is 14.9 Å². The van der Waals surface area contributed by atoms with Crippen LogP contribution < -0.4 is 10.1 Å². The highest BCUT2D eigenvalue weighted by Crippen LogP contribution is 2.17. The molecule has 0 unspecified atom stereocenters. The molecule has 0 aliphatic carbocycles. The molecule has 7 heteroatoms. The molecule has 0 saturated carbocycles. The van der Waals surface area contributed by atoms with E-state index in [0.717, 1.165) is 16.6 Å². The fourth-order valence-corrected chi connectivity index (χ4v) is 2.47. The third kappa shape index (κ3) is 4.35. The lowest BCUT2D eigenvalue weighted by Crippen LogP contribution is -2.30. The number of nitrogens with one attached hydrogen (secondary N) is 2. The summed E-state index contributed by atoms with van der Waals surface area (Å²) in [5.41, 5.74) is 2.11. The fraction of sp³-hybridized carbons (Fsp3) is 0.167. The van der Waals surface area contributed by atoms with Gasteiger partial charge < -0.3 is 15.0 Å². The zero-order valence-electron chi connectivity index (χ0n) is 13.4. The number of carbonyl (C=O) groups is 1. The van der Waals surface area contributed by atoms with Crippen molar-refractivity contribution in [3.8, 4) is 5.75 Å². The van der Waals surface area contributed by atoms with Crippen molar-refractivity contribution in [1.82, 2.24) is 10.3 Å². The van der Waals surface area contributed by atoms with Crippen molar-refractivity contribution < 1.29 is 14.5 Å². The minimum absolute atomic E-state index is 0.0184. The van der Waals surface area contributed by atoms with Gasteiger partial charge in [0.1, 0.15) is 5.75 Å². The average Bonchev–Trinajstić information content (AvgIpc) is 3.03. The van der Waals surface area contributed by atoms with Gasteiger partial charge in [-0.1, -0.05) is 18.2 Å². The van der Waals surface area contributed by atoms with E-state index in [4.69, 9.17) is 4.74 Å². The van der Waals surface area contributed by atoms with Crippen LogP contribution in [0.15, 0.2) is 54.6 Å². The Morgan fingerprint density at radius 1 is 1.16 bits per heavy atom. The molecule has 1 heterocycles. The number of aromatic nitrogens is 1. The highest BCUT2D eigenvalue weighted by Gasteiger charge is 2.07. The van der Waals surface area contributed by atoms with Crippen LogP contribution in [0.3, 0.4) is 0 Å². The number of hydrogen-bond acceptors (Lipinski definition) is 4. The number of para-hydroxylation sites is 1. The van der Waals surface area contributed by atoms with Gasteiger partial charge in [0, 0.05) is 36.3 Å². The molecule has 0 bridgehead atoms. The van der Waals surface area contributed by atoms with E-state index in [-0.39, 0.29) is 18.2 Å². The van der Waals surface area contributed by atoms with Crippen molar-refractivity contribution in [3.05, 3.63) is 70.4 Å². The zero-order valence-corrected chi connectivity index (χ0v) is 13.4. The average molecular weight is 339 g/mol. The molecule has 0 saturated heterocycles. The molecule has 7 nitrogen and oxygen atoms in total. The first-order valence-electron chi connectivity index (χ1n) is 7.82. The van der Waals surface area contributed by atoms with E-state index in [1.165, 1.54) is 24.3 Å². The van der Waals surface area contributed by atoms with E-state index in [1.807, 2.05) is 24.3 Å². The van der Waals surface area contributed by atoms with E-state index in [9.17, 15) is 14.9 Å². The van der Waals surface area contributed by atoms with Crippen molar-refractivity contribution in [2.45, 2.75) is 6.42 Å². The number of hydrogen-bond donors (Lipinski definition) is 2. The molecule has 25 heavy (non-hydrogen) atoms. The minimum atomic E-state index is -0.486. The summed E-state index contributed by atoms with van der Waals surface area (Å²) in [6.45, 7) is 0.361. The number of fused-ring (bicyclic) bond motifs is 1. The van der Waals surface area contributed by atoms with E-state index in [0.29, 0.717) is 18.7 Å². The van der Waals surface area contributed by atoms with Crippen molar-refractivity contribution >= 4 is 22.5 Å². The summed E-state index contributed by atoms with van der Waals surface area (Å²) in [6, 6.07) is 15.7. The molecule has 2 N–H and O–H groups in total. The van der Waals surface area contributed by atoms with E-state index >= 15 is 0 Å². The summed E-state index contributed by atoms with van der Waals surface area (Å²) in [6.07, 6.45) is 0.692. The van der Waals surface area contributed by atoms with Crippen LogP contribution in [0.1, 0.15) is 5.69 Å². The third-order valence-corrected chi connectivity index (χ3v) is 3.72. The summed E-state index contributed by atoms with van der Waals surface area (Å²) < 4.78 is 5.31. The molecule has 0 spiro atoms. The second-order valence-electron chi connectivity index (χ2n) is 5.52. The van der Waals surface area contributed by atoms with Crippen LogP contribution in [0.4, 0.5) is 5.69 Å². The molecule has 1 amide bonds. The second-order valence-corrected chi connectivity index (χ2v) is 5.52. The minimum Gasteiger partial charge on any atom is -0.484 e. The Kier molecular flexibility index (Phi) is 4.94. The number of aromatic amines is 1. The molecule has 0 aliphatic rings. The highest BCUT2D eigenvalue weighted by atomic mass is 16.6.